The quantitative estimate of drug-likeness (QED) is 0.265. The Morgan fingerprint density at radius 2 is 1.68 bits per heavy atom. The number of nitrogens with one attached hydrogen (secondary N) is 3. The number of nitrogens with zero attached hydrogens (tertiary/aromatic N) is 1. The van der Waals surface area contributed by atoms with Gasteiger partial charge in [0.2, 0.25) is 11.9 Å². The number of ether oxygens (including phenoxy) is 1. The smallest absolute Gasteiger partial charge is 0.321 e. The molecule has 2 unspecified atom stereocenters. The highest BCUT2D eigenvalue weighted by Crippen LogP contribution is 2.22. The lowest BCUT2D eigenvalue weighted by Crippen LogP contribution is -2.45. The molecule has 0 saturated carbocycles. The lowest BCUT2D eigenvalue weighted by Gasteiger charge is -2.18. The fraction of sp³-hybridized carbons (Fsp3) is 0.276. The van der Waals surface area contributed by atoms with Crippen LogP contribution in [-0.4, -0.2) is 37.2 Å². The van der Waals surface area contributed by atoms with Gasteiger partial charge in [0.25, 0.3) is 0 Å². The van der Waals surface area contributed by atoms with E-state index in [-0.39, 0.29) is 23.9 Å². The van der Waals surface area contributed by atoms with Crippen LogP contribution in [0.5, 0.6) is 0 Å². The van der Waals surface area contributed by atoms with Crippen molar-refractivity contribution in [3.05, 3.63) is 102 Å². The molecule has 3 amide bonds. The second-order valence-electron chi connectivity index (χ2n) is 9.01. The van der Waals surface area contributed by atoms with Gasteiger partial charge < -0.3 is 21.1 Å². The molecule has 1 aliphatic heterocycles. The van der Waals surface area contributed by atoms with Gasteiger partial charge in [-0.25, -0.2) is 9.79 Å². The molecule has 1 fully saturated rings. The van der Waals surface area contributed by atoms with E-state index in [1.807, 2.05) is 78.9 Å². The van der Waals surface area contributed by atoms with Gasteiger partial charge in [-0.2, -0.15) is 0 Å². The van der Waals surface area contributed by atoms with Crippen LogP contribution in [0.1, 0.15) is 35.4 Å². The second kappa shape index (κ2) is 13.2. The van der Waals surface area contributed by atoms with Crippen molar-refractivity contribution in [2.75, 3.05) is 13.2 Å². The summed E-state index contributed by atoms with van der Waals surface area (Å²) >= 11 is 0. The van der Waals surface area contributed by atoms with Gasteiger partial charge in [-0.1, -0.05) is 72.8 Å². The highest BCUT2D eigenvalue weighted by molar-refractivity contribution is 5.96. The summed E-state index contributed by atoms with van der Waals surface area (Å²) in [5, 5.41) is 8.34. The van der Waals surface area contributed by atoms with E-state index in [2.05, 4.69) is 20.9 Å². The monoisotopic (exact) mass is 499 g/mol. The second-order valence-corrected chi connectivity index (χ2v) is 9.01. The number of guanidine groups is 1. The molecule has 3 aromatic carbocycles. The number of rotatable bonds is 9. The highest BCUT2D eigenvalue weighted by atomic mass is 16.5. The Bertz CT molecular complexity index is 1190. The van der Waals surface area contributed by atoms with Crippen molar-refractivity contribution < 1.29 is 14.3 Å². The first kappa shape index (κ1) is 25.9. The molecule has 37 heavy (non-hydrogen) atoms. The zero-order valence-corrected chi connectivity index (χ0v) is 20.7. The van der Waals surface area contributed by atoms with Gasteiger partial charge in [0.05, 0.1) is 17.7 Å². The SMILES string of the molecule is NC(=Nc1cccc(CNC(=O)C(Cc2ccccc2)c2ccccc2)c1)NC(=O)NCC1CCCO1. The minimum absolute atomic E-state index is 0.0157. The summed E-state index contributed by atoms with van der Waals surface area (Å²) in [6.45, 7) is 1.51. The fourth-order valence-electron chi connectivity index (χ4n) is 4.28. The van der Waals surface area contributed by atoms with Crippen LogP contribution in [-0.2, 0) is 22.5 Å². The van der Waals surface area contributed by atoms with E-state index >= 15 is 0 Å². The molecule has 0 radical (unpaired) electrons. The minimum Gasteiger partial charge on any atom is -0.376 e. The number of carbonyl (C=O) groups excluding carboxylic acids is 2. The Morgan fingerprint density at radius 1 is 0.946 bits per heavy atom. The maximum absolute atomic E-state index is 13.2. The lowest BCUT2D eigenvalue weighted by molar-refractivity contribution is -0.122. The number of aliphatic imine (C=N–C) groups is 1. The Balaban J connectivity index is 1.34. The normalized spacial score (nSPS) is 16.1. The van der Waals surface area contributed by atoms with Gasteiger partial charge in [0.15, 0.2) is 0 Å². The molecule has 3 aromatic rings. The number of hydrogen-bond acceptors (Lipinski definition) is 4. The Labute approximate surface area is 217 Å². The Kier molecular flexibility index (Phi) is 9.26. The van der Waals surface area contributed by atoms with Crippen LogP contribution in [0.4, 0.5) is 10.5 Å². The third-order valence-electron chi connectivity index (χ3n) is 6.18. The minimum atomic E-state index is -0.425. The van der Waals surface area contributed by atoms with Crippen molar-refractivity contribution in [2.45, 2.75) is 37.8 Å². The Morgan fingerprint density at radius 3 is 2.41 bits per heavy atom. The standard InChI is InChI=1S/C29H33N5O3/c30-28(34-29(36)32-20-25-15-8-16-37-25)33-24-14-7-11-22(17-24)19-31-27(35)26(23-12-5-2-6-13-23)18-21-9-3-1-4-10-21/h1-7,9-14,17,25-26H,8,15-16,18-20H2,(H,31,35)(H4,30,32,33,34,36). The van der Waals surface area contributed by atoms with Crippen LogP contribution >= 0.6 is 0 Å². The molecule has 1 heterocycles. The third kappa shape index (κ3) is 8.18. The maximum Gasteiger partial charge on any atom is 0.321 e. The molecule has 1 aliphatic rings. The predicted molar refractivity (Wildman–Crippen MR) is 144 cm³/mol. The topological polar surface area (TPSA) is 118 Å². The molecule has 0 bridgehead atoms. The van der Waals surface area contributed by atoms with E-state index in [1.54, 1.807) is 6.07 Å². The van der Waals surface area contributed by atoms with Crippen LogP contribution in [0.3, 0.4) is 0 Å². The Hall–Kier alpha value is -4.17. The zero-order valence-electron chi connectivity index (χ0n) is 20.7. The molecule has 0 spiro atoms. The molecular formula is C29H33N5O3. The van der Waals surface area contributed by atoms with Gasteiger partial charge >= 0.3 is 6.03 Å². The zero-order chi connectivity index (χ0) is 25.9. The maximum atomic E-state index is 13.2. The van der Waals surface area contributed by atoms with Gasteiger partial charge in [0.1, 0.15) is 0 Å². The summed E-state index contributed by atoms with van der Waals surface area (Å²) in [5.41, 5.74) is 9.44. The van der Waals surface area contributed by atoms with Crippen molar-refractivity contribution >= 4 is 23.6 Å². The average Bonchev–Trinajstić information content (AvgIpc) is 3.44. The average molecular weight is 500 g/mol. The van der Waals surface area contributed by atoms with Gasteiger partial charge in [0, 0.05) is 19.7 Å². The van der Waals surface area contributed by atoms with E-state index in [1.165, 1.54) is 0 Å². The predicted octanol–water partition coefficient (Wildman–Crippen LogP) is 3.75. The first-order chi connectivity index (χ1) is 18.1. The van der Waals surface area contributed by atoms with Crippen LogP contribution in [0.15, 0.2) is 89.9 Å². The van der Waals surface area contributed by atoms with Crippen molar-refractivity contribution in [1.29, 1.82) is 0 Å². The number of benzene rings is 3. The summed E-state index contributed by atoms with van der Waals surface area (Å²) in [6.07, 6.45) is 2.60. The van der Waals surface area contributed by atoms with Crippen LogP contribution in [0.2, 0.25) is 0 Å². The summed E-state index contributed by atoms with van der Waals surface area (Å²) in [7, 11) is 0. The number of amides is 3. The first-order valence-corrected chi connectivity index (χ1v) is 12.5. The molecule has 4 rings (SSSR count). The summed E-state index contributed by atoms with van der Waals surface area (Å²) in [4.78, 5) is 29.6. The molecule has 192 valence electrons. The van der Waals surface area contributed by atoms with E-state index in [9.17, 15) is 9.59 Å². The molecule has 0 aromatic heterocycles. The van der Waals surface area contributed by atoms with Crippen molar-refractivity contribution in [1.82, 2.24) is 16.0 Å². The van der Waals surface area contributed by atoms with Crippen molar-refractivity contribution in [2.24, 2.45) is 10.7 Å². The molecule has 2 atom stereocenters. The van der Waals surface area contributed by atoms with Crippen molar-refractivity contribution in [3.63, 3.8) is 0 Å². The lowest BCUT2D eigenvalue weighted by atomic mass is 9.91. The number of nitrogens with two attached hydrogens (primary N) is 1. The molecule has 1 saturated heterocycles. The van der Waals surface area contributed by atoms with Crippen LogP contribution in [0, 0.1) is 0 Å². The molecule has 8 heteroatoms. The number of urea groups is 1. The number of carbonyl (C=O) groups is 2. The molecule has 0 aliphatic carbocycles. The van der Waals surface area contributed by atoms with Gasteiger partial charge in [-0.05, 0) is 48.1 Å². The molecule has 5 N–H and O–H groups in total. The van der Waals surface area contributed by atoms with Gasteiger partial charge in [-0.3, -0.25) is 10.1 Å². The van der Waals surface area contributed by atoms with Crippen molar-refractivity contribution in [3.8, 4) is 0 Å². The van der Waals surface area contributed by atoms with E-state index in [4.69, 9.17) is 10.5 Å². The van der Waals surface area contributed by atoms with Gasteiger partial charge in [-0.15, -0.1) is 0 Å². The third-order valence-corrected chi connectivity index (χ3v) is 6.18. The van der Waals surface area contributed by atoms with Crippen LogP contribution < -0.4 is 21.7 Å². The number of hydrogen-bond donors (Lipinski definition) is 4. The largest absolute Gasteiger partial charge is 0.376 e. The fourth-order valence-corrected chi connectivity index (χ4v) is 4.28. The van der Waals surface area contributed by atoms with E-state index in [0.717, 1.165) is 36.1 Å². The van der Waals surface area contributed by atoms with Crippen LogP contribution in [0.25, 0.3) is 0 Å². The molecular weight excluding hydrogens is 466 g/mol. The summed E-state index contributed by atoms with van der Waals surface area (Å²) < 4.78 is 5.49. The van der Waals surface area contributed by atoms with E-state index < -0.39 is 6.03 Å². The summed E-state index contributed by atoms with van der Waals surface area (Å²) in [6, 6.07) is 26.7. The highest BCUT2D eigenvalue weighted by Gasteiger charge is 2.21. The molecule has 8 nitrogen and oxygen atoms in total. The van der Waals surface area contributed by atoms with E-state index in [0.29, 0.717) is 25.2 Å². The first-order valence-electron chi connectivity index (χ1n) is 12.5. The summed E-state index contributed by atoms with van der Waals surface area (Å²) in [5.74, 6) is -0.371.